The molecule has 1 aliphatic heterocycles. The van der Waals surface area contributed by atoms with Crippen LogP contribution in [0.1, 0.15) is 20.3 Å². The van der Waals surface area contributed by atoms with E-state index in [1.54, 1.807) is 0 Å². The van der Waals surface area contributed by atoms with Crippen LogP contribution >= 0.6 is 0 Å². The van der Waals surface area contributed by atoms with Crippen LogP contribution in [0.2, 0.25) is 0 Å². The molecular formula is C10H20N2O2. The Bertz CT molecular complexity index is 216. The summed E-state index contributed by atoms with van der Waals surface area (Å²) in [6, 6.07) is 0.242. The van der Waals surface area contributed by atoms with Gasteiger partial charge in [-0.25, -0.2) is 0 Å². The Morgan fingerprint density at radius 1 is 1.64 bits per heavy atom. The van der Waals surface area contributed by atoms with Gasteiger partial charge in [-0.3, -0.25) is 9.69 Å². The lowest BCUT2D eigenvalue weighted by Gasteiger charge is -2.45. The molecule has 14 heavy (non-hydrogen) atoms. The fourth-order valence-corrected chi connectivity index (χ4v) is 1.79. The predicted octanol–water partition coefficient (Wildman–Crippen LogP) is 0.232. The van der Waals surface area contributed by atoms with Crippen molar-refractivity contribution in [3.63, 3.8) is 0 Å². The highest BCUT2D eigenvalue weighted by molar-refractivity contribution is 5.70. The molecule has 1 aliphatic rings. The number of rotatable bonds is 2. The van der Waals surface area contributed by atoms with E-state index in [0.717, 1.165) is 13.1 Å². The first-order chi connectivity index (χ1) is 6.47. The molecule has 0 spiro atoms. The van der Waals surface area contributed by atoms with E-state index >= 15 is 0 Å². The number of ether oxygens (including phenoxy) is 1. The first kappa shape index (κ1) is 11.5. The van der Waals surface area contributed by atoms with Crippen LogP contribution in [-0.4, -0.2) is 49.7 Å². The summed E-state index contributed by atoms with van der Waals surface area (Å²) in [6.07, 6.45) is 0.462. The molecule has 0 bridgehead atoms. The van der Waals surface area contributed by atoms with Crippen molar-refractivity contribution in [3.05, 3.63) is 0 Å². The molecule has 1 N–H and O–H groups in total. The molecule has 1 heterocycles. The fourth-order valence-electron chi connectivity index (χ4n) is 1.79. The van der Waals surface area contributed by atoms with Crippen molar-refractivity contribution in [1.29, 1.82) is 0 Å². The number of nitrogens with one attached hydrogen (secondary N) is 1. The van der Waals surface area contributed by atoms with Crippen molar-refractivity contribution in [2.75, 3.05) is 27.2 Å². The zero-order chi connectivity index (χ0) is 10.8. The van der Waals surface area contributed by atoms with E-state index in [-0.39, 0.29) is 17.6 Å². The molecule has 1 atom stereocenters. The van der Waals surface area contributed by atoms with Gasteiger partial charge in [-0.15, -0.1) is 0 Å². The van der Waals surface area contributed by atoms with Crippen LogP contribution in [0.4, 0.5) is 0 Å². The molecule has 0 radical (unpaired) electrons. The zero-order valence-corrected chi connectivity index (χ0v) is 9.46. The van der Waals surface area contributed by atoms with E-state index in [1.165, 1.54) is 7.11 Å². The summed E-state index contributed by atoms with van der Waals surface area (Å²) in [6.45, 7) is 6.16. The van der Waals surface area contributed by atoms with Crippen molar-refractivity contribution in [2.24, 2.45) is 0 Å². The fraction of sp³-hybridized carbons (Fsp3) is 0.900. The number of esters is 1. The van der Waals surface area contributed by atoms with E-state index in [4.69, 9.17) is 0 Å². The molecule has 0 aromatic heterocycles. The number of hydrogen-bond donors (Lipinski definition) is 1. The molecule has 0 aromatic rings. The van der Waals surface area contributed by atoms with Gasteiger partial charge >= 0.3 is 5.97 Å². The monoisotopic (exact) mass is 200 g/mol. The van der Waals surface area contributed by atoms with Gasteiger partial charge in [0.1, 0.15) is 0 Å². The maximum atomic E-state index is 11.2. The number of carbonyl (C=O) groups is 1. The van der Waals surface area contributed by atoms with E-state index in [0.29, 0.717) is 6.42 Å². The second-order valence-corrected chi connectivity index (χ2v) is 4.49. The molecule has 0 aromatic carbocycles. The predicted molar refractivity (Wildman–Crippen MR) is 55.1 cm³/mol. The van der Waals surface area contributed by atoms with Gasteiger partial charge in [0.25, 0.3) is 0 Å². The van der Waals surface area contributed by atoms with Gasteiger partial charge in [0.05, 0.1) is 13.5 Å². The van der Waals surface area contributed by atoms with Crippen LogP contribution in [-0.2, 0) is 9.53 Å². The number of methoxy groups -OCH3 is 1. The third-order valence-electron chi connectivity index (χ3n) is 3.07. The minimum absolute atomic E-state index is 0.108. The molecule has 1 rings (SSSR count). The van der Waals surface area contributed by atoms with Gasteiger partial charge in [-0.1, -0.05) is 0 Å². The number of nitrogens with zero attached hydrogens (tertiary/aromatic N) is 1. The minimum atomic E-state index is -0.138. The standard InChI is InChI=1S/C10H20N2O2/c1-10(2)7-11-6-8(12(10)3)5-9(13)14-4/h8,11H,5-7H2,1-4H3. The highest BCUT2D eigenvalue weighted by Gasteiger charge is 2.34. The van der Waals surface area contributed by atoms with E-state index < -0.39 is 0 Å². The lowest BCUT2D eigenvalue weighted by molar-refractivity contribution is -0.142. The molecule has 4 nitrogen and oxygen atoms in total. The van der Waals surface area contributed by atoms with E-state index in [1.807, 2.05) is 0 Å². The Balaban J connectivity index is 2.57. The van der Waals surface area contributed by atoms with Crippen molar-refractivity contribution in [2.45, 2.75) is 31.8 Å². The summed E-state index contributed by atoms with van der Waals surface area (Å²) in [4.78, 5) is 13.4. The van der Waals surface area contributed by atoms with Gasteiger partial charge in [-0.2, -0.15) is 0 Å². The summed E-state index contributed by atoms with van der Waals surface area (Å²) in [5.41, 5.74) is 0.108. The van der Waals surface area contributed by atoms with Gasteiger partial charge in [0.15, 0.2) is 0 Å². The highest BCUT2D eigenvalue weighted by atomic mass is 16.5. The van der Waals surface area contributed by atoms with Gasteiger partial charge < -0.3 is 10.1 Å². The van der Waals surface area contributed by atoms with Crippen LogP contribution < -0.4 is 5.32 Å². The topological polar surface area (TPSA) is 41.6 Å². The van der Waals surface area contributed by atoms with Crippen molar-refractivity contribution in [3.8, 4) is 0 Å². The Kier molecular flexibility index (Phi) is 3.50. The molecule has 0 aliphatic carbocycles. The molecule has 1 fully saturated rings. The van der Waals surface area contributed by atoms with Crippen molar-refractivity contribution in [1.82, 2.24) is 10.2 Å². The van der Waals surface area contributed by atoms with Crippen LogP contribution in [0.25, 0.3) is 0 Å². The highest BCUT2D eigenvalue weighted by Crippen LogP contribution is 2.20. The van der Waals surface area contributed by atoms with E-state index in [2.05, 4.69) is 35.8 Å². The van der Waals surface area contributed by atoms with Crippen LogP contribution in [0, 0.1) is 0 Å². The Morgan fingerprint density at radius 3 is 2.86 bits per heavy atom. The Morgan fingerprint density at radius 2 is 2.29 bits per heavy atom. The summed E-state index contributed by atoms with van der Waals surface area (Å²) in [5.74, 6) is -0.138. The smallest absolute Gasteiger partial charge is 0.307 e. The van der Waals surface area contributed by atoms with Crippen molar-refractivity contribution >= 4 is 5.97 Å². The average Bonchev–Trinajstić information content (AvgIpc) is 2.12. The molecule has 0 saturated carbocycles. The number of piperazine rings is 1. The lowest BCUT2D eigenvalue weighted by Crippen LogP contribution is -2.61. The second-order valence-electron chi connectivity index (χ2n) is 4.49. The van der Waals surface area contributed by atoms with Crippen LogP contribution in [0.3, 0.4) is 0 Å². The summed E-state index contributed by atoms with van der Waals surface area (Å²) >= 11 is 0. The molecule has 82 valence electrons. The van der Waals surface area contributed by atoms with E-state index in [9.17, 15) is 4.79 Å². The normalized spacial score (nSPS) is 27.3. The Labute approximate surface area is 85.6 Å². The summed E-state index contributed by atoms with van der Waals surface area (Å²) in [5, 5.41) is 3.34. The lowest BCUT2D eigenvalue weighted by atomic mass is 9.96. The van der Waals surface area contributed by atoms with Gasteiger partial charge in [-0.05, 0) is 20.9 Å². The molecule has 1 unspecified atom stereocenters. The third kappa shape index (κ3) is 2.45. The Hall–Kier alpha value is -0.610. The van der Waals surface area contributed by atoms with Crippen LogP contribution in [0.5, 0.6) is 0 Å². The molecular weight excluding hydrogens is 180 g/mol. The first-order valence-electron chi connectivity index (χ1n) is 4.98. The van der Waals surface area contributed by atoms with Crippen LogP contribution in [0.15, 0.2) is 0 Å². The number of carbonyl (C=O) groups excluding carboxylic acids is 1. The SMILES string of the molecule is COC(=O)CC1CNCC(C)(C)N1C. The third-order valence-corrected chi connectivity index (χ3v) is 3.07. The maximum absolute atomic E-state index is 11.2. The summed E-state index contributed by atoms with van der Waals surface area (Å²) < 4.78 is 4.68. The van der Waals surface area contributed by atoms with Gasteiger partial charge in [0.2, 0.25) is 0 Å². The largest absolute Gasteiger partial charge is 0.469 e. The van der Waals surface area contributed by atoms with Gasteiger partial charge in [0, 0.05) is 24.7 Å². The number of hydrogen-bond acceptors (Lipinski definition) is 4. The molecule has 0 amide bonds. The van der Waals surface area contributed by atoms with Crippen molar-refractivity contribution < 1.29 is 9.53 Å². The maximum Gasteiger partial charge on any atom is 0.307 e. The quantitative estimate of drug-likeness (QED) is 0.648. The molecule has 1 saturated heterocycles. The average molecular weight is 200 g/mol. The second kappa shape index (κ2) is 4.28. The first-order valence-corrected chi connectivity index (χ1v) is 4.98. The number of likely N-dealkylation sites (N-methyl/N-ethyl adjacent to an activating group) is 1. The zero-order valence-electron chi connectivity index (χ0n) is 9.46. The summed E-state index contributed by atoms with van der Waals surface area (Å²) in [7, 11) is 3.50. The minimum Gasteiger partial charge on any atom is -0.469 e. The molecule has 4 heteroatoms.